The predicted octanol–water partition coefficient (Wildman–Crippen LogP) is 3.95. The van der Waals surface area contributed by atoms with E-state index in [0.717, 1.165) is 0 Å². The number of carbonyl (C=O) groups excluding carboxylic acids is 1. The van der Waals surface area contributed by atoms with E-state index in [9.17, 15) is 4.79 Å². The summed E-state index contributed by atoms with van der Waals surface area (Å²) >= 11 is 6.99. The number of aromatic nitrogens is 2. The van der Waals surface area contributed by atoms with Crippen LogP contribution in [0.25, 0.3) is 11.4 Å². The van der Waals surface area contributed by atoms with E-state index >= 15 is 0 Å². The maximum Gasteiger partial charge on any atom is 0.286 e. The SMILES string of the molecule is Nc1ccccc1-c1noc(SCC(=O)c2ccc(Cl)cc2)n1. The highest BCUT2D eigenvalue weighted by molar-refractivity contribution is 7.99. The summed E-state index contributed by atoms with van der Waals surface area (Å²) < 4.78 is 5.15. The molecule has 0 aliphatic heterocycles. The van der Waals surface area contributed by atoms with Gasteiger partial charge in [0.1, 0.15) is 0 Å². The maximum absolute atomic E-state index is 12.1. The molecule has 1 heterocycles. The van der Waals surface area contributed by atoms with Crippen molar-refractivity contribution in [1.29, 1.82) is 0 Å². The van der Waals surface area contributed by atoms with Crippen molar-refractivity contribution in [3.8, 4) is 11.4 Å². The number of nitrogens with zero attached hydrogens (tertiary/aromatic N) is 2. The lowest BCUT2D eigenvalue weighted by Gasteiger charge is -1.99. The van der Waals surface area contributed by atoms with Crippen LogP contribution in [0.15, 0.2) is 58.3 Å². The fraction of sp³-hybridized carbons (Fsp3) is 0.0625. The van der Waals surface area contributed by atoms with E-state index in [1.165, 1.54) is 11.8 Å². The van der Waals surface area contributed by atoms with Crippen LogP contribution in [-0.4, -0.2) is 21.7 Å². The molecule has 1 aromatic heterocycles. The first-order valence-electron chi connectivity index (χ1n) is 6.73. The van der Waals surface area contributed by atoms with Gasteiger partial charge >= 0.3 is 0 Å². The largest absolute Gasteiger partial charge is 0.398 e. The summed E-state index contributed by atoms with van der Waals surface area (Å²) in [7, 11) is 0. The molecular formula is C16H12ClN3O2S. The van der Waals surface area contributed by atoms with E-state index in [2.05, 4.69) is 10.1 Å². The predicted molar refractivity (Wildman–Crippen MR) is 90.7 cm³/mol. The van der Waals surface area contributed by atoms with Crippen LogP contribution >= 0.6 is 23.4 Å². The Labute approximate surface area is 141 Å². The number of thioether (sulfide) groups is 1. The highest BCUT2D eigenvalue weighted by Gasteiger charge is 2.13. The Kier molecular flexibility index (Phi) is 4.64. The minimum absolute atomic E-state index is 0.0364. The minimum Gasteiger partial charge on any atom is -0.398 e. The van der Waals surface area contributed by atoms with E-state index in [1.807, 2.05) is 18.2 Å². The van der Waals surface area contributed by atoms with Gasteiger partial charge in [-0.1, -0.05) is 40.7 Å². The van der Waals surface area contributed by atoms with Crippen molar-refractivity contribution in [3.05, 3.63) is 59.1 Å². The monoisotopic (exact) mass is 345 g/mol. The number of carbonyl (C=O) groups is 1. The first-order chi connectivity index (χ1) is 11.1. The zero-order chi connectivity index (χ0) is 16.2. The fourth-order valence-electron chi connectivity index (χ4n) is 1.92. The number of ketones is 1. The topological polar surface area (TPSA) is 82.0 Å². The van der Waals surface area contributed by atoms with Crippen molar-refractivity contribution in [2.24, 2.45) is 0 Å². The fourth-order valence-corrected chi connectivity index (χ4v) is 2.71. The number of rotatable bonds is 5. The molecule has 0 radical (unpaired) electrons. The van der Waals surface area contributed by atoms with E-state index in [-0.39, 0.29) is 11.5 Å². The van der Waals surface area contributed by atoms with Crippen LogP contribution in [0.2, 0.25) is 5.02 Å². The van der Waals surface area contributed by atoms with E-state index in [1.54, 1.807) is 30.3 Å². The van der Waals surface area contributed by atoms with Crippen molar-refractivity contribution in [2.75, 3.05) is 11.5 Å². The van der Waals surface area contributed by atoms with Gasteiger partial charge in [0.2, 0.25) is 5.82 Å². The van der Waals surface area contributed by atoms with Crippen LogP contribution < -0.4 is 5.73 Å². The number of nitrogens with two attached hydrogens (primary N) is 1. The Balaban J connectivity index is 1.67. The molecule has 0 atom stereocenters. The van der Waals surface area contributed by atoms with E-state index in [4.69, 9.17) is 21.9 Å². The zero-order valence-corrected chi connectivity index (χ0v) is 13.5. The molecule has 0 amide bonds. The van der Waals surface area contributed by atoms with Crippen LogP contribution in [0.1, 0.15) is 10.4 Å². The number of hydrogen-bond acceptors (Lipinski definition) is 6. The molecule has 0 spiro atoms. The van der Waals surface area contributed by atoms with Gasteiger partial charge in [-0.15, -0.1) is 0 Å². The first-order valence-corrected chi connectivity index (χ1v) is 8.10. The summed E-state index contributed by atoms with van der Waals surface area (Å²) in [4.78, 5) is 16.3. The summed E-state index contributed by atoms with van der Waals surface area (Å²) in [5.41, 5.74) is 7.74. The van der Waals surface area contributed by atoms with Gasteiger partial charge in [0.25, 0.3) is 5.22 Å². The lowest BCUT2D eigenvalue weighted by molar-refractivity contribution is 0.102. The number of nitrogen functional groups attached to an aromatic ring is 1. The van der Waals surface area contributed by atoms with E-state index < -0.39 is 0 Å². The number of para-hydroxylation sites is 1. The second kappa shape index (κ2) is 6.85. The Morgan fingerprint density at radius 1 is 1.17 bits per heavy atom. The van der Waals surface area contributed by atoms with Crippen LogP contribution in [-0.2, 0) is 0 Å². The van der Waals surface area contributed by atoms with E-state index in [0.29, 0.717) is 32.9 Å². The second-order valence-corrected chi connectivity index (χ2v) is 6.05. The molecule has 0 aliphatic carbocycles. The lowest BCUT2D eigenvalue weighted by Crippen LogP contribution is -2.01. The van der Waals surface area contributed by atoms with Crippen LogP contribution in [0.3, 0.4) is 0 Å². The molecule has 7 heteroatoms. The number of anilines is 1. The molecule has 0 saturated heterocycles. The second-order valence-electron chi connectivity index (χ2n) is 4.69. The number of halogens is 1. The summed E-state index contributed by atoms with van der Waals surface area (Å²) in [6.07, 6.45) is 0. The van der Waals surface area contributed by atoms with Crippen molar-refractivity contribution in [1.82, 2.24) is 10.1 Å². The van der Waals surface area contributed by atoms with Gasteiger partial charge in [0.05, 0.1) is 5.75 Å². The third-order valence-electron chi connectivity index (χ3n) is 3.10. The first kappa shape index (κ1) is 15.6. The molecule has 3 rings (SSSR count). The van der Waals surface area contributed by atoms with Gasteiger partial charge in [0, 0.05) is 21.8 Å². The quantitative estimate of drug-likeness (QED) is 0.428. The van der Waals surface area contributed by atoms with Crippen molar-refractivity contribution in [3.63, 3.8) is 0 Å². The molecule has 116 valence electrons. The number of benzene rings is 2. The minimum atomic E-state index is -0.0364. The molecule has 0 fully saturated rings. The van der Waals surface area contributed by atoms with Gasteiger partial charge in [-0.2, -0.15) is 4.98 Å². The Morgan fingerprint density at radius 3 is 2.65 bits per heavy atom. The molecule has 0 aliphatic rings. The van der Waals surface area contributed by atoms with Crippen LogP contribution in [0.4, 0.5) is 5.69 Å². The molecule has 2 N–H and O–H groups in total. The third-order valence-corrected chi connectivity index (χ3v) is 4.17. The smallest absolute Gasteiger partial charge is 0.286 e. The summed E-state index contributed by atoms with van der Waals surface area (Å²) in [5, 5.41) is 4.81. The van der Waals surface area contributed by atoms with Gasteiger partial charge in [-0.3, -0.25) is 4.79 Å². The van der Waals surface area contributed by atoms with Crippen molar-refractivity contribution in [2.45, 2.75) is 5.22 Å². The van der Waals surface area contributed by atoms with Crippen molar-refractivity contribution >= 4 is 34.8 Å². The normalized spacial score (nSPS) is 10.7. The van der Waals surface area contributed by atoms with Crippen molar-refractivity contribution < 1.29 is 9.32 Å². The lowest BCUT2D eigenvalue weighted by atomic mass is 10.1. The Bertz CT molecular complexity index is 833. The highest BCUT2D eigenvalue weighted by atomic mass is 35.5. The number of Topliss-reactive ketones (excluding diaryl/α,β-unsaturated/α-hetero) is 1. The Morgan fingerprint density at radius 2 is 1.91 bits per heavy atom. The molecule has 5 nitrogen and oxygen atoms in total. The molecule has 0 bridgehead atoms. The summed E-state index contributed by atoms with van der Waals surface area (Å²) in [5.74, 6) is 0.572. The van der Waals surface area contributed by atoms with Gasteiger partial charge in [-0.25, -0.2) is 0 Å². The van der Waals surface area contributed by atoms with Crippen LogP contribution in [0.5, 0.6) is 0 Å². The average Bonchev–Trinajstić information content (AvgIpc) is 3.02. The zero-order valence-electron chi connectivity index (χ0n) is 11.9. The molecule has 0 unspecified atom stereocenters. The standard InChI is InChI=1S/C16H12ClN3O2S/c17-11-7-5-10(6-8-11)14(21)9-23-16-19-15(20-22-16)12-3-1-2-4-13(12)18/h1-8H,9,18H2. The molecule has 0 saturated carbocycles. The molecular weight excluding hydrogens is 334 g/mol. The number of hydrogen-bond donors (Lipinski definition) is 1. The average molecular weight is 346 g/mol. The molecule has 3 aromatic rings. The molecule has 23 heavy (non-hydrogen) atoms. The third kappa shape index (κ3) is 3.72. The Hall–Kier alpha value is -2.31. The highest BCUT2D eigenvalue weighted by Crippen LogP contribution is 2.25. The van der Waals surface area contributed by atoms with Gasteiger partial charge in [0.15, 0.2) is 5.78 Å². The van der Waals surface area contributed by atoms with Gasteiger partial charge < -0.3 is 10.3 Å². The summed E-state index contributed by atoms with van der Waals surface area (Å²) in [6.45, 7) is 0. The maximum atomic E-state index is 12.1. The van der Waals surface area contributed by atoms with Gasteiger partial charge in [-0.05, 0) is 36.4 Å². The summed E-state index contributed by atoms with van der Waals surface area (Å²) in [6, 6.07) is 14.0. The molecule has 2 aromatic carbocycles. The van der Waals surface area contributed by atoms with Crippen LogP contribution in [0, 0.1) is 0 Å².